The minimum atomic E-state index is -1.27. The minimum absolute atomic E-state index is 0.126. The average Bonchev–Trinajstić information content (AvgIpc) is 2.53. The molecule has 0 saturated heterocycles. The molecule has 0 bridgehead atoms. The van der Waals surface area contributed by atoms with Gasteiger partial charge in [0.05, 0.1) is 10.5 Å². The molecule has 0 atom stereocenters. The Labute approximate surface area is 132 Å². The van der Waals surface area contributed by atoms with Gasteiger partial charge >= 0.3 is 11.7 Å². The second-order valence-electron chi connectivity index (χ2n) is 5.44. The first kappa shape index (κ1) is 16.7. The fourth-order valence-electron chi connectivity index (χ4n) is 2.57. The summed E-state index contributed by atoms with van der Waals surface area (Å²) in [6.45, 7) is -0.343. The zero-order valence-corrected chi connectivity index (χ0v) is 12.5. The Bertz CT molecular complexity index is 610. The summed E-state index contributed by atoms with van der Waals surface area (Å²) in [4.78, 5) is 32.9. The number of rotatable bonds is 6. The molecule has 1 saturated carbocycles. The number of hydrogen-bond acceptors (Lipinski definition) is 5. The Kier molecular flexibility index (Phi) is 5.51. The molecule has 1 fully saturated rings. The molecule has 1 aliphatic carbocycles. The minimum Gasteiger partial charge on any atom is -0.478 e. The van der Waals surface area contributed by atoms with Gasteiger partial charge in [-0.25, -0.2) is 4.79 Å². The number of amides is 1. The van der Waals surface area contributed by atoms with Crippen molar-refractivity contribution in [2.75, 3.05) is 6.61 Å². The number of carbonyl (C=O) groups is 2. The quantitative estimate of drug-likeness (QED) is 0.611. The Hall–Kier alpha value is -2.64. The predicted molar refractivity (Wildman–Crippen MR) is 80.6 cm³/mol. The number of nitrogens with one attached hydrogen (secondary N) is 1. The van der Waals surface area contributed by atoms with Crippen molar-refractivity contribution in [1.82, 2.24) is 5.32 Å². The van der Waals surface area contributed by atoms with Crippen molar-refractivity contribution in [3.8, 4) is 5.75 Å². The van der Waals surface area contributed by atoms with Gasteiger partial charge in [-0.1, -0.05) is 19.3 Å². The van der Waals surface area contributed by atoms with E-state index < -0.39 is 16.6 Å². The maximum atomic E-state index is 11.8. The van der Waals surface area contributed by atoms with Gasteiger partial charge in [-0.05, 0) is 25.0 Å². The van der Waals surface area contributed by atoms with E-state index in [2.05, 4.69) is 5.32 Å². The predicted octanol–water partition coefficient (Wildman–Crippen LogP) is 2.12. The van der Waals surface area contributed by atoms with Crippen LogP contribution in [0.15, 0.2) is 18.2 Å². The molecule has 124 valence electrons. The highest BCUT2D eigenvalue weighted by Gasteiger charge is 2.20. The normalized spacial score (nSPS) is 15.0. The molecule has 2 N–H and O–H groups in total. The molecule has 1 aromatic carbocycles. The fourth-order valence-corrected chi connectivity index (χ4v) is 2.57. The van der Waals surface area contributed by atoms with E-state index in [4.69, 9.17) is 9.84 Å². The zero-order valence-electron chi connectivity index (χ0n) is 12.5. The molecule has 1 amide bonds. The second-order valence-corrected chi connectivity index (χ2v) is 5.44. The van der Waals surface area contributed by atoms with Crippen LogP contribution in [-0.4, -0.2) is 34.6 Å². The lowest BCUT2D eigenvalue weighted by molar-refractivity contribution is -0.385. The maximum absolute atomic E-state index is 11.8. The van der Waals surface area contributed by atoms with Gasteiger partial charge in [0.2, 0.25) is 0 Å². The molecule has 0 aromatic heterocycles. The topological polar surface area (TPSA) is 119 Å². The van der Waals surface area contributed by atoms with Crippen LogP contribution in [0.3, 0.4) is 0 Å². The van der Waals surface area contributed by atoms with Crippen molar-refractivity contribution in [2.24, 2.45) is 0 Å². The van der Waals surface area contributed by atoms with Gasteiger partial charge in [-0.15, -0.1) is 0 Å². The monoisotopic (exact) mass is 322 g/mol. The summed E-state index contributed by atoms with van der Waals surface area (Å²) < 4.78 is 5.19. The molecule has 23 heavy (non-hydrogen) atoms. The molecular weight excluding hydrogens is 304 g/mol. The van der Waals surface area contributed by atoms with Crippen LogP contribution in [0.1, 0.15) is 42.5 Å². The molecule has 2 rings (SSSR count). The number of carboxylic acid groups (broad SMARTS) is 1. The molecule has 0 spiro atoms. The summed E-state index contributed by atoms with van der Waals surface area (Å²) in [7, 11) is 0. The van der Waals surface area contributed by atoms with Gasteiger partial charge in [-0.3, -0.25) is 14.9 Å². The van der Waals surface area contributed by atoms with Crippen molar-refractivity contribution >= 4 is 17.6 Å². The third-order valence-electron chi connectivity index (χ3n) is 3.73. The third kappa shape index (κ3) is 4.67. The smallest absolute Gasteiger partial charge is 0.335 e. The van der Waals surface area contributed by atoms with E-state index in [0.717, 1.165) is 31.7 Å². The summed E-state index contributed by atoms with van der Waals surface area (Å²) in [5, 5.41) is 22.7. The maximum Gasteiger partial charge on any atom is 0.335 e. The molecule has 1 aliphatic rings. The van der Waals surface area contributed by atoms with Crippen LogP contribution in [0.2, 0.25) is 0 Å². The Balaban J connectivity index is 1.97. The summed E-state index contributed by atoms with van der Waals surface area (Å²) >= 11 is 0. The molecule has 8 nitrogen and oxygen atoms in total. The van der Waals surface area contributed by atoms with E-state index in [9.17, 15) is 19.7 Å². The van der Waals surface area contributed by atoms with Crippen molar-refractivity contribution in [3.63, 3.8) is 0 Å². The van der Waals surface area contributed by atoms with E-state index in [1.54, 1.807) is 0 Å². The number of carboxylic acids is 1. The number of nitro groups is 1. The van der Waals surface area contributed by atoms with Crippen molar-refractivity contribution in [2.45, 2.75) is 38.1 Å². The first-order valence-corrected chi connectivity index (χ1v) is 7.41. The van der Waals surface area contributed by atoms with Gasteiger partial charge in [0, 0.05) is 12.1 Å². The lowest BCUT2D eigenvalue weighted by atomic mass is 9.95. The number of carbonyl (C=O) groups excluding carboxylic acids is 1. The van der Waals surface area contributed by atoms with Gasteiger partial charge in [0.25, 0.3) is 5.91 Å². The van der Waals surface area contributed by atoms with Crippen LogP contribution < -0.4 is 10.1 Å². The average molecular weight is 322 g/mol. The lowest BCUT2D eigenvalue weighted by Crippen LogP contribution is -2.39. The fraction of sp³-hybridized carbons (Fsp3) is 0.467. The summed E-state index contributed by atoms with van der Waals surface area (Å²) in [6, 6.07) is 3.43. The number of nitrogens with zero attached hydrogens (tertiary/aromatic N) is 1. The van der Waals surface area contributed by atoms with Crippen LogP contribution >= 0.6 is 0 Å². The van der Waals surface area contributed by atoms with Gasteiger partial charge in [-0.2, -0.15) is 0 Å². The summed E-state index contributed by atoms with van der Waals surface area (Å²) in [6.07, 6.45) is 5.19. The van der Waals surface area contributed by atoms with Gasteiger partial charge in [0.1, 0.15) is 0 Å². The van der Waals surface area contributed by atoms with Crippen LogP contribution in [0, 0.1) is 10.1 Å². The standard InChI is InChI=1S/C15H18N2O6/c18-14(16-11-4-2-1-3-5-11)9-23-13-7-6-10(15(19)20)8-12(13)17(21)22/h6-8,11H,1-5,9H2,(H,16,18)(H,19,20). The van der Waals surface area contributed by atoms with E-state index in [1.165, 1.54) is 18.6 Å². The highest BCUT2D eigenvalue weighted by molar-refractivity contribution is 5.89. The van der Waals surface area contributed by atoms with E-state index in [0.29, 0.717) is 0 Å². The molecule has 0 unspecified atom stereocenters. The SMILES string of the molecule is O=C(COc1ccc(C(=O)O)cc1[N+](=O)[O-])NC1CCCCC1. The molecule has 0 heterocycles. The largest absolute Gasteiger partial charge is 0.478 e. The van der Waals surface area contributed by atoms with Crippen LogP contribution in [-0.2, 0) is 4.79 Å². The molecule has 0 radical (unpaired) electrons. The van der Waals surface area contributed by atoms with Gasteiger partial charge < -0.3 is 15.2 Å². The highest BCUT2D eigenvalue weighted by atomic mass is 16.6. The molecular formula is C15H18N2O6. The first-order chi connectivity index (χ1) is 11.0. The summed E-state index contributed by atoms with van der Waals surface area (Å²) in [5.74, 6) is -1.73. The Morgan fingerprint density at radius 1 is 1.30 bits per heavy atom. The number of benzene rings is 1. The number of ether oxygens (including phenoxy) is 1. The van der Waals surface area contributed by atoms with Crippen molar-refractivity contribution in [1.29, 1.82) is 0 Å². The number of nitro benzene ring substituents is 1. The van der Waals surface area contributed by atoms with Crippen molar-refractivity contribution in [3.05, 3.63) is 33.9 Å². The van der Waals surface area contributed by atoms with E-state index in [-0.39, 0.29) is 29.9 Å². The highest BCUT2D eigenvalue weighted by Crippen LogP contribution is 2.28. The molecule has 1 aromatic rings. The second kappa shape index (κ2) is 7.57. The number of aromatic carboxylic acids is 1. The summed E-state index contributed by atoms with van der Waals surface area (Å²) in [5.41, 5.74) is -0.689. The van der Waals surface area contributed by atoms with Gasteiger partial charge in [0.15, 0.2) is 12.4 Å². The van der Waals surface area contributed by atoms with Crippen molar-refractivity contribution < 1.29 is 24.4 Å². The third-order valence-corrected chi connectivity index (χ3v) is 3.73. The number of hydrogen-bond donors (Lipinski definition) is 2. The van der Waals surface area contributed by atoms with Crippen LogP contribution in [0.25, 0.3) is 0 Å². The van der Waals surface area contributed by atoms with Crippen LogP contribution in [0.5, 0.6) is 5.75 Å². The first-order valence-electron chi connectivity index (χ1n) is 7.41. The Morgan fingerprint density at radius 2 is 2.00 bits per heavy atom. The van der Waals surface area contributed by atoms with Crippen LogP contribution in [0.4, 0.5) is 5.69 Å². The Morgan fingerprint density at radius 3 is 2.61 bits per heavy atom. The zero-order chi connectivity index (χ0) is 16.8. The molecule has 0 aliphatic heterocycles. The van der Waals surface area contributed by atoms with E-state index in [1.807, 2.05) is 0 Å². The molecule has 8 heteroatoms. The lowest BCUT2D eigenvalue weighted by Gasteiger charge is -2.22. The van der Waals surface area contributed by atoms with E-state index >= 15 is 0 Å².